The Morgan fingerprint density at radius 1 is 1.00 bits per heavy atom. The van der Waals surface area contributed by atoms with E-state index in [1.165, 1.54) is 36.4 Å². The highest BCUT2D eigenvalue weighted by Crippen LogP contribution is 2.21. The van der Waals surface area contributed by atoms with Crippen LogP contribution in [0.2, 0.25) is 0 Å². The zero-order chi connectivity index (χ0) is 22.4. The quantitative estimate of drug-likeness (QED) is 0.465. The molecule has 0 fully saturated rings. The molecule has 6 nitrogen and oxygen atoms in total. The van der Waals surface area contributed by atoms with Crippen molar-refractivity contribution in [2.45, 2.75) is 17.9 Å². The molecule has 3 aromatic carbocycles. The van der Waals surface area contributed by atoms with Crippen LogP contribution in [-0.4, -0.2) is 20.9 Å². The van der Waals surface area contributed by atoms with E-state index in [-0.39, 0.29) is 29.3 Å². The number of hydrogen-bond donors (Lipinski definition) is 2. The first-order valence-corrected chi connectivity index (χ1v) is 11.6. The van der Waals surface area contributed by atoms with Gasteiger partial charge in [0, 0.05) is 10.2 Å². The lowest BCUT2D eigenvalue weighted by molar-refractivity contribution is -0.123. The number of hydrogen-bond acceptors (Lipinski definition) is 4. The molecule has 0 saturated carbocycles. The molecule has 0 aromatic heterocycles. The molecule has 0 bridgehead atoms. The maximum atomic E-state index is 13.0. The number of amides is 1. The second kappa shape index (κ2) is 9.93. The lowest BCUT2D eigenvalue weighted by atomic mass is 10.1. The van der Waals surface area contributed by atoms with Gasteiger partial charge in [0.1, 0.15) is 11.6 Å². The average Bonchev–Trinajstić information content (AvgIpc) is 2.74. The molecule has 9 heteroatoms. The minimum atomic E-state index is -3.75. The third kappa shape index (κ3) is 6.53. The van der Waals surface area contributed by atoms with Crippen molar-refractivity contribution in [1.29, 1.82) is 0 Å². The van der Waals surface area contributed by atoms with Crippen LogP contribution in [0.4, 0.5) is 10.1 Å². The minimum absolute atomic E-state index is 0.0668. The van der Waals surface area contributed by atoms with Gasteiger partial charge in [0.25, 0.3) is 15.9 Å². The van der Waals surface area contributed by atoms with E-state index in [9.17, 15) is 17.6 Å². The van der Waals surface area contributed by atoms with E-state index in [1.807, 2.05) is 0 Å². The van der Waals surface area contributed by atoms with Crippen LogP contribution in [0.25, 0.3) is 0 Å². The number of sulfonamides is 1. The van der Waals surface area contributed by atoms with Crippen molar-refractivity contribution in [2.75, 3.05) is 11.3 Å². The normalized spacial score (nSPS) is 12.1. The fourth-order valence-electron chi connectivity index (χ4n) is 2.71. The number of nitrogens with one attached hydrogen (secondary N) is 2. The maximum Gasteiger partial charge on any atom is 0.261 e. The number of ether oxygens (including phenoxy) is 1. The van der Waals surface area contributed by atoms with E-state index in [2.05, 4.69) is 26.0 Å². The second-order valence-corrected chi connectivity index (χ2v) is 9.31. The first-order valence-electron chi connectivity index (χ1n) is 9.29. The first kappa shape index (κ1) is 22.8. The van der Waals surface area contributed by atoms with Gasteiger partial charge < -0.3 is 10.1 Å². The highest BCUT2D eigenvalue weighted by Gasteiger charge is 2.15. The summed E-state index contributed by atoms with van der Waals surface area (Å²) in [6.07, 6.45) is 0. The molecule has 0 unspecified atom stereocenters. The van der Waals surface area contributed by atoms with Crippen molar-refractivity contribution < 1.29 is 22.3 Å². The second-order valence-electron chi connectivity index (χ2n) is 6.71. The van der Waals surface area contributed by atoms with Gasteiger partial charge in [-0.3, -0.25) is 9.52 Å². The van der Waals surface area contributed by atoms with Crippen LogP contribution in [0.15, 0.2) is 82.2 Å². The number of carbonyl (C=O) groups excluding carboxylic acids is 1. The minimum Gasteiger partial charge on any atom is -0.484 e. The molecule has 1 atom stereocenters. The lowest BCUT2D eigenvalue weighted by Gasteiger charge is -2.15. The summed E-state index contributed by atoms with van der Waals surface area (Å²) in [7, 11) is -3.75. The van der Waals surface area contributed by atoms with Crippen molar-refractivity contribution in [3.63, 3.8) is 0 Å². The van der Waals surface area contributed by atoms with Gasteiger partial charge in [-0.1, -0.05) is 28.1 Å². The molecule has 162 valence electrons. The summed E-state index contributed by atoms with van der Waals surface area (Å²) >= 11 is 3.30. The van der Waals surface area contributed by atoms with Crippen molar-refractivity contribution in [3.05, 3.63) is 88.6 Å². The molecule has 3 aromatic rings. The number of benzene rings is 3. The molecule has 0 saturated heterocycles. The van der Waals surface area contributed by atoms with Gasteiger partial charge in [0.2, 0.25) is 0 Å². The van der Waals surface area contributed by atoms with Crippen LogP contribution < -0.4 is 14.8 Å². The third-order valence-corrected chi connectivity index (χ3v) is 6.27. The van der Waals surface area contributed by atoms with Gasteiger partial charge >= 0.3 is 0 Å². The summed E-state index contributed by atoms with van der Waals surface area (Å²) in [4.78, 5) is 12.2. The van der Waals surface area contributed by atoms with Crippen molar-refractivity contribution >= 4 is 37.5 Å². The molecular formula is C22H20BrFN2O4S. The molecule has 0 aliphatic carbocycles. The van der Waals surface area contributed by atoms with Gasteiger partial charge in [0.15, 0.2) is 6.61 Å². The molecule has 3 rings (SSSR count). The molecule has 0 radical (unpaired) electrons. The highest BCUT2D eigenvalue weighted by molar-refractivity contribution is 9.10. The van der Waals surface area contributed by atoms with Gasteiger partial charge in [0.05, 0.1) is 10.9 Å². The van der Waals surface area contributed by atoms with E-state index >= 15 is 0 Å². The summed E-state index contributed by atoms with van der Waals surface area (Å²) < 4.78 is 46.7. The Kier molecular flexibility index (Phi) is 7.29. The van der Waals surface area contributed by atoms with Crippen LogP contribution in [0, 0.1) is 5.82 Å². The molecular weight excluding hydrogens is 487 g/mol. The largest absolute Gasteiger partial charge is 0.484 e. The van der Waals surface area contributed by atoms with Gasteiger partial charge in [-0.15, -0.1) is 0 Å². The van der Waals surface area contributed by atoms with Crippen LogP contribution in [0.3, 0.4) is 0 Å². The monoisotopic (exact) mass is 506 g/mol. The third-order valence-electron chi connectivity index (χ3n) is 4.35. The Morgan fingerprint density at radius 3 is 2.23 bits per heavy atom. The van der Waals surface area contributed by atoms with Crippen molar-refractivity contribution in [1.82, 2.24) is 5.32 Å². The summed E-state index contributed by atoms with van der Waals surface area (Å²) in [5, 5.41) is 2.76. The topological polar surface area (TPSA) is 84.5 Å². The fraction of sp³-hybridized carbons (Fsp3) is 0.136. The van der Waals surface area contributed by atoms with Crippen molar-refractivity contribution in [3.8, 4) is 5.75 Å². The van der Waals surface area contributed by atoms with Crippen LogP contribution in [0.1, 0.15) is 18.5 Å². The number of halogens is 2. The Bertz CT molecular complexity index is 1140. The predicted molar refractivity (Wildman–Crippen MR) is 120 cm³/mol. The molecule has 0 aliphatic rings. The maximum absolute atomic E-state index is 13.0. The van der Waals surface area contributed by atoms with Crippen LogP contribution in [0.5, 0.6) is 5.75 Å². The summed E-state index contributed by atoms with van der Waals surface area (Å²) in [5.41, 5.74) is 1.21. The smallest absolute Gasteiger partial charge is 0.261 e. The zero-order valence-corrected chi connectivity index (χ0v) is 18.9. The Hall–Kier alpha value is -2.91. The van der Waals surface area contributed by atoms with Gasteiger partial charge in [-0.25, -0.2) is 12.8 Å². The summed E-state index contributed by atoms with van der Waals surface area (Å²) in [6, 6.07) is 18.1. The van der Waals surface area contributed by atoms with Crippen LogP contribution >= 0.6 is 15.9 Å². The molecule has 1 amide bonds. The lowest BCUT2D eigenvalue weighted by Crippen LogP contribution is -2.31. The number of anilines is 1. The zero-order valence-electron chi connectivity index (χ0n) is 16.5. The molecule has 0 aliphatic heterocycles. The van der Waals surface area contributed by atoms with Gasteiger partial charge in [-0.2, -0.15) is 0 Å². The molecule has 31 heavy (non-hydrogen) atoms. The Morgan fingerprint density at radius 2 is 1.61 bits per heavy atom. The molecule has 0 heterocycles. The average molecular weight is 507 g/mol. The van der Waals surface area contributed by atoms with E-state index in [1.54, 1.807) is 43.3 Å². The molecule has 2 N–H and O–H groups in total. The Balaban J connectivity index is 1.54. The van der Waals surface area contributed by atoms with E-state index in [0.717, 1.165) is 10.0 Å². The van der Waals surface area contributed by atoms with E-state index in [0.29, 0.717) is 11.4 Å². The van der Waals surface area contributed by atoms with Crippen molar-refractivity contribution in [2.24, 2.45) is 0 Å². The highest BCUT2D eigenvalue weighted by atomic mass is 79.9. The predicted octanol–water partition coefficient (Wildman–Crippen LogP) is 4.65. The Labute approximate surface area is 188 Å². The van der Waals surface area contributed by atoms with E-state index < -0.39 is 10.0 Å². The number of carbonyl (C=O) groups is 1. The number of rotatable bonds is 8. The standard InChI is InChI=1S/C22H20BrFN2O4S/c1-15(16-2-6-18(24)7-3-16)25-22(27)14-30-20-10-12-21(13-11-20)31(28,29)26-19-8-4-17(23)5-9-19/h2-13,15,26H,14H2,1H3,(H,25,27)/t15-/m1/s1. The van der Waals surface area contributed by atoms with E-state index in [4.69, 9.17) is 4.74 Å². The van der Waals surface area contributed by atoms with Gasteiger partial charge in [-0.05, 0) is 73.2 Å². The van der Waals surface area contributed by atoms with Crippen LogP contribution in [-0.2, 0) is 14.8 Å². The SMILES string of the molecule is C[C@@H](NC(=O)COc1ccc(S(=O)(=O)Nc2ccc(Br)cc2)cc1)c1ccc(F)cc1. The first-order chi connectivity index (χ1) is 14.7. The molecule has 0 spiro atoms. The summed E-state index contributed by atoms with van der Waals surface area (Å²) in [5.74, 6) is -0.347. The summed E-state index contributed by atoms with van der Waals surface area (Å²) in [6.45, 7) is 1.54. The fourth-order valence-corrected chi connectivity index (χ4v) is 4.04.